The molecule has 0 radical (unpaired) electrons. The standard InChI is InChI=1S/C31H32ClFN6O2.C29H31ClFN5O.C4H5Cl.2CH4/c1-7-25(40)37-15-20(6)38(16-19(37)5)29-22-14-23(32)27(21-10-8-9-11-24(21)33)35-30(22)39(31(41)36-29)28-18(4)12-13-34-26(28)17(2)3;1-16(2)24-26(18(4)12-13-32-24)36-28-21(14-22(30)25(33-28)20-8-6-7-9-23(20)31)27(34-29(36)37)35-15-17(3)10-11-19(35)5;1-3-4(2)5;;/h7-14,17,19-20H,1,15-16H2,2-6H3;6-9,12-14,16-17,19H,10-11,15H2,1-5H3;3H,1-2H2;2*1H4/t19-,20+;17-,19-;;;/m10.../s1. The smallest absolute Gasteiger partial charge is 0.353 e. The van der Waals surface area contributed by atoms with Crippen LogP contribution in [0, 0.1) is 31.4 Å². The molecule has 2 saturated heterocycles. The molecule has 85 heavy (non-hydrogen) atoms. The van der Waals surface area contributed by atoms with Crippen LogP contribution in [0.2, 0.25) is 10.0 Å². The molecule has 0 bridgehead atoms. The maximum absolute atomic E-state index is 15.0. The predicted octanol–water partition coefficient (Wildman–Crippen LogP) is 15.6. The van der Waals surface area contributed by atoms with Crippen molar-refractivity contribution in [2.75, 3.05) is 29.4 Å². The van der Waals surface area contributed by atoms with Crippen LogP contribution in [0.3, 0.4) is 0 Å². The normalized spacial score (nSPS) is 16.6. The number of aryl methyl sites for hydroxylation is 2. The fourth-order valence-electron chi connectivity index (χ4n) is 10.7. The molecule has 0 aliphatic carbocycles. The number of benzene rings is 2. The Hall–Kier alpha value is -7.66. The Morgan fingerprint density at radius 3 is 1.45 bits per heavy atom. The Morgan fingerprint density at radius 1 is 0.624 bits per heavy atom. The number of allylic oxidation sites excluding steroid dienone is 2. The summed E-state index contributed by atoms with van der Waals surface area (Å²) in [6, 6.07) is 19.7. The van der Waals surface area contributed by atoms with Crippen molar-refractivity contribution in [3.8, 4) is 33.9 Å². The van der Waals surface area contributed by atoms with Gasteiger partial charge in [0.05, 0.1) is 55.0 Å². The van der Waals surface area contributed by atoms with E-state index in [2.05, 4.69) is 58.4 Å². The number of nitrogens with zero attached hydrogens (tertiary/aromatic N) is 11. The molecule has 14 nitrogen and oxygen atoms in total. The van der Waals surface area contributed by atoms with Gasteiger partial charge in [-0.1, -0.05) is 134 Å². The minimum atomic E-state index is -0.538. The third-order valence-electron chi connectivity index (χ3n) is 15.0. The van der Waals surface area contributed by atoms with Gasteiger partial charge in [0.1, 0.15) is 23.3 Å². The molecule has 4 atom stereocenters. The molecule has 2 aliphatic heterocycles. The quantitative estimate of drug-likeness (QED) is 0.0951. The first-order valence-corrected chi connectivity index (χ1v) is 28.7. The van der Waals surface area contributed by atoms with Crippen LogP contribution in [-0.2, 0) is 4.79 Å². The Morgan fingerprint density at radius 2 is 1.05 bits per heavy atom. The highest BCUT2D eigenvalue weighted by Crippen LogP contribution is 2.39. The number of hydrogen-bond donors (Lipinski definition) is 0. The number of aromatic nitrogens is 8. The fourth-order valence-corrected chi connectivity index (χ4v) is 11.2. The monoisotopic (exact) mass is 1210 g/mol. The highest BCUT2D eigenvalue weighted by atomic mass is 35.5. The van der Waals surface area contributed by atoms with Gasteiger partial charge >= 0.3 is 11.4 Å². The van der Waals surface area contributed by atoms with E-state index in [1.165, 1.54) is 33.4 Å². The summed E-state index contributed by atoms with van der Waals surface area (Å²) in [6.07, 6.45) is 8.38. The molecule has 448 valence electrons. The molecular weight excluding hydrogens is 1140 g/mol. The second-order valence-corrected chi connectivity index (χ2v) is 23.2. The third kappa shape index (κ3) is 13.7. The lowest BCUT2D eigenvalue weighted by molar-refractivity contribution is -0.128. The summed E-state index contributed by atoms with van der Waals surface area (Å²) in [5.41, 5.74) is 5.13. The predicted molar refractivity (Wildman–Crippen MR) is 346 cm³/mol. The molecule has 6 aromatic heterocycles. The molecule has 8 aromatic rings. The first-order chi connectivity index (χ1) is 39.5. The molecule has 10 rings (SSSR count). The van der Waals surface area contributed by atoms with Crippen molar-refractivity contribution in [3.63, 3.8) is 0 Å². The van der Waals surface area contributed by atoms with E-state index in [0.29, 0.717) is 79.8 Å². The van der Waals surface area contributed by atoms with Gasteiger partial charge in [-0.15, -0.1) is 0 Å². The summed E-state index contributed by atoms with van der Waals surface area (Å²) in [6.45, 7) is 32.1. The molecule has 19 heteroatoms. The molecule has 2 aliphatic rings. The van der Waals surface area contributed by atoms with E-state index in [0.717, 1.165) is 36.2 Å². The second kappa shape index (κ2) is 28.0. The van der Waals surface area contributed by atoms with Gasteiger partial charge in [-0.05, 0) is 131 Å². The van der Waals surface area contributed by atoms with Gasteiger partial charge in [-0.25, -0.2) is 37.5 Å². The van der Waals surface area contributed by atoms with E-state index >= 15 is 0 Å². The fraction of sp³-hybridized carbons (Fsp3) is 0.348. The van der Waals surface area contributed by atoms with Crippen molar-refractivity contribution in [1.29, 1.82) is 0 Å². The van der Waals surface area contributed by atoms with Crippen LogP contribution in [0.5, 0.6) is 0 Å². The topological polar surface area (TPSA) is 148 Å². The Kier molecular flexibility index (Phi) is 21.9. The number of carbonyl (C=O) groups excluding carboxylic acids is 1. The number of halogens is 5. The largest absolute Gasteiger partial charge is 0.355 e. The van der Waals surface area contributed by atoms with E-state index in [1.807, 2.05) is 72.4 Å². The molecule has 0 saturated carbocycles. The zero-order valence-electron chi connectivity index (χ0n) is 48.4. The molecular formula is C66H76Cl3F2N11O3. The number of fused-ring (bicyclic) bond motifs is 2. The highest BCUT2D eigenvalue weighted by Gasteiger charge is 2.35. The van der Waals surface area contributed by atoms with Crippen molar-refractivity contribution in [2.45, 2.75) is 127 Å². The Labute approximate surface area is 512 Å². The Bertz CT molecular complexity index is 3940. The minimum Gasteiger partial charge on any atom is -0.353 e. The summed E-state index contributed by atoms with van der Waals surface area (Å²) >= 11 is 18.7. The highest BCUT2D eigenvalue weighted by molar-refractivity contribution is 6.34. The second-order valence-electron chi connectivity index (χ2n) is 21.9. The lowest BCUT2D eigenvalue weighted by Crippen LogP contribution is -2.58. The zero-order valence-corrected chi connectivity index (χ0v) is 50.7. The average molecular weight is 1220 g/mol. The van der Waals surface area contributed by atoms with Gasteiger partial charge in [0.15, 0.2) is 11.3 Å². The van der Waals surface area contributed by atoms with Crippen LogP contribution in [0.1, 0.15) is 117 Å². The molecule has 0 N–H and O–H groups in total. The van der Waals surface area contributed by atoms with Crippen molar-refractivity contribution < 1.29 is 13.6 Å². The molecule has 8 heterocycles. The SMILES string of the molecule is C.C.C=CC(=C)Cl.C=CC(=O)N1C[C@H](C)N(c2nc(=O)n(-c3c(C)ccnc3C(C)C)c3nc(-c4ccccc4F)c(Cl)cc23)C[C@H]1C.Cc1ccnc(C(C)C)c1-n1c(=O)nc(N2C[C@@H](C)CC[C@@H]2C)c2cc(Cl)c(-c3ccccc3F)nc21. The summed E-state index contributed by atoms with van der Waals surface area (Å²) in [4.78, 5) is 74.4. The third-order valence-corrected chi connectivity index (χ3v) is 15.8. The number of hydrogen-bond acceptors (Lipinski definition) is 11. The molecule has 2 aromatic carbocycles. The lowest BCUT2D eigenvalue weighted by Gasteiger charge is -2.44. The number of amides is 1. The van der Waals surface area contributed by atoms with Gasteiger partial charge in [0.25, 0.3) is 0 Å². The summed E-state index contributed by atoms with van der Waals surface area (Å²) in [7, 11) is 0. The van der Waals surface area contributed by atoms with Crippen molar-refractivity contribution >= 4 is 74.4 Å². The zero-order chi connectivity index (χ0) is 60.3. The van der Waals surface area contributed by atoms with Crippen LogP contribution < -0.4 is 21.2 Å². The van der Waals surface area contributed by atoms with E-state index in [9.17, 15) is 23.2 Å². The summed E-state index contributed by atoms with van der Waals surface area (Å²) in [5, 5.41) is 2.21. The van der Waals surface area contributed by atoms with E-state index in [4.69, 9.17) is 44.8 Å². The van der Waals surface area contributed by atoms with E-state index in [-0.39, 0.29) is 78.3 Å². The summed E-state index contributed by atoms with van der Waals surface area (Å²) < 4.78 is 32.8. The lowest BCUT2D eigenvalue weighted by atomic mass is 9.95. The van der Waals surface area contributed by atoms with Crippen LogP contribution in [0.4, 0.5) is 20.4 Å². The minimum absolute atomic E-state index is 0. The number of carbonyl (C=O) groups is 1. The summed E-state index contributed by atoms with van der Waals surface area (Å²) in [5.74, 6) is 0.438. The van der Waals surface area contributed by atoms with Gasteiger partial charge in [0.2, 0.25) is 5.91 Å². The van der Waals surface area contributed by atoms with E-state index in [1.54, 1.807) is 65.8 Å². The van der Waals surface area contributed by atoms with Crippen LogP contribution in [-0.4, -0.2) is 87.6 Å². The van der Waals surface area contributed by atoms with Crippen molar-refractivity contribution in [3.05, 3.63) is 187 Å². The first kappa shape index (κ1) is 66.5. The molecule has 0 spiro atoms. The van der Waals surface area contributed by atoms with Crippen LogP contribution >= 0.6 is 34.8 Å². The van der Waals surface area contributed by atoms with Gasteiger partial charge in [-0.2, -0.15) is 9.97 Å². The van der Waals surface area contributed by atoms with Gasteiger partial charge in [-0.3, -0.25) is 14.8 Å². The number of pyridine rings is 4. The van der Waals surface area contributed by atoms with Crippen LogP contribution in [0.15, 0.2) is 132 Å². The number of rotatable bonds is 10. The maximum atomic E-state index is 15.0. The van der Waals surface area contributed by atoms with E-state index < -0.39 is 23.0 Å². The Balaban J connectivity index is 0.000000248. The van der Waals surface area contributed by atoms with Gasteiger partial charge < -0.3 is 14.7 Å². The van der Waals surface area contributed by atoms with Crippen LogP contribution in [0.25, 0.3) is 56.0 Å². The number of piperazine rings is 1. The number of anilines is 2. The van der Waals surface area contributed by atoms with Crippen molar-refractivity contribution in [2.24, 2.45) is 5.92 Å². The maximum Gasteiger partial charge on any atom is 0.355 e. The van der Waals surface area contributed by atoms with Crippen molar-refractivity contribution in [1.82, 2.24) is 43.9 Å². The molecule has 0 unspecified atom stereocenters. The van der Waals surface area contributed by atoms with Gasteiger partial charge in [0, 0.05) is 66.3 Å². The number of piperidine rings is 1. The molecule has 1 amide bonds. The average Bonchev–Trinajstić information content (AvgIpc) is 1.05. The first-order valence-electron chi connectivity index (χ1n) is 27.6. The molecule has 2 fully saturated rings.